The predicted molar refractivity (Wildman–Crippen MR) is 97.8 cm³/mol. The molecule has 4 rings (SSSR count). The van der Waals surface area contributed by atoms with Crippen molar-refractivity contribution in [2.45, 2.75) is 13.3 Å². The summed E-state index contributed by atoms with van der Waals surface area (Å²) in [6.07, 6.45) is 4.70. The summed E-state index contributed by atoms with van der Waals surface area (Å²) in [7, 11) is 0. The highest BCUT2D eigenvalue weighted by atomic mass is 32.1. The van der Waals surface area contributed by atoms with E-state index < -0.39 is 0 Å². The first kappa shape index (κ1) is 14.9. The van der Waals surface area contributed by atoms with Gasteiger partial charge in [-0.3, -0.25) is 4.79 Å². The molecule has 0 saturated heterocycles. The molecule has 3 aromatic heterocycles. The molecule has 24 heavy (non-hydrogen) atoms. The number of nitrogens with zero attached hydrogens (tertiary/aromatic N) is 2. The van der Waals surface area contributed by atoms with E-state index in [-0.39, 0.29) is 5.91 Å². The molecule has 0 spiro atoms. The van der Waals surface area contributed by atoms with Crippen molar-refractivity contribution < 1.29 is 4.79 Å². The summed E-state index contributed by atoms with van der Waals surface area (Å²) < 4.78 is 3.15. The molecule has 0 aliphatic rings. The van der Waals surface area contributed by atoms with Crippen LogP contribution in [-0.4, -0.2) is 21.8 Å². The zero-order valence-electron chi connectivity index (χ0n) is 13.3. The van der Waals surface area contributed by atoms with Crippen LogP contribution < -0.4 is 5.32 Å². The monoisotopic (exact) mass is 335 g/mol. The van der Waals surface area contributed by atoms with Crippen LogP contribution in [-0.2, 0) is 6.42 Å². The predicted octanol–water partition coefficient (Wildman–Crippen LogP) is 3.83. The van der Waals surface area contributed by atoms with Crippen LogP contribution in [0.5, 0.6) is 0 Å². The maximum Gasteiger partial charge on any atom is 0.261 e. The number of aryl methyl sites for hydroxylation is 1. The Hall–Kier alpha value is -2.66. The van der Waals surface area contributed by atoms with Crippen LogP contribution in [0.3, 0.4) is 0 Å². The fourth-order valence-electron chi connectivity index (χ4n) is 2.88. The fraction of sp³-hybridized carbons (Fsp3) is 0.158. The van der Waals surface area contributed by atoms with Crippen molar-refractivity contribution in [3.8, 4) is 0 Å². The molecular weight excluding hydrogens is 318 g/mol. The van der Waals surface area contributed by atoms with E-state index in [1.807, 2.05) is 54.0 Å². The van der Waals surface area contributed by atoms with E-state index in [4.69, 9.17) is 0 Å². The van der Waals surface area contributed by atoms with Crippen LogP contribution in [0.1, 0.15) is 20.9 Å². The topological polar surface area (TPSA) is 46.4 Å². The summed E-state index contributed by atoms with van der Waals surface area (Å²) in [4.78, 5) is 17.8. The van der Waals surface area contributed by atoms with Gasteiger partial charge in [0.2, 0.25) is 0 Å². The molecule has 0 bridgehead atoms. The molecule has 0 radical (unpaired) electrons. The Labute approximate surface area is 143 Å². The van der Waals surface area contributed by atoms with Crippen molar-refractivity contribution in [2.75, 3.05) is 6.54 Å². The molecule has 5 heteroatoms. The van der Waals surface area contributed by atoms with Gasteiger partial charge in [0.05, 0.1) is 10.6 Å². The van der Waals surface area contributed by atoms with Crippen molar-refractivity contribution in [3.05, 3.63) is 71.0 Å². The van der Waals surface area contributed by atoms with Gasteiger partial charge in [0.25, 0.3) is 5.91 Å². The summed E-state index contributed by atoms with van der Waals surface area (Å²) in [6, 6.07) is 14.1. The molecule has 4 aromatic rings. The van der Waals surface area contributed by atoms with Crippen molar-refractivity contribution in [2.24, 2.45) is 0 Å². The van der Waals surface area contributed by atoms with E-state index in [9.17, 15) is 4.79 Å². The third-order valence-corrected chi connectivity index (χ3v) is 5.40. The molecule has 1 N–H and O–H groups in total. The number of nitrogens with one attached hydrogen (secondary N) is 1. The molecule has 0 saturated carbocycles. The lowest BCUT2D eigenvalue weighted by atomic mass is 10.1. The zero-order valence-corrected chi connectivity index (χ0v) is 14.1. The largest absolute Gasteiger partial charge is 0.351 e. The van der Waals surface area contributed by atoms with Crippen LogP contribution in [0.15, 0.2) is 54.9 Å². The van der Waals surface area contributed by atoms with Crippen molar-refractivity contribution in [1.29, 1.82) is 0 Å². The van der Waals surface area contributed by atoms with Gasteiger partial charge in [0, 0.05) is 30.1 Å². The second-order valence-electron chi connectivity index (χ2n) is 5.76. The average molecular weight is 335 g/mol. The average Bonchev–Trinajstić information content (AvgIpc) is 3.16. The molecule has 0 unspecified atom stereocenters. The van der Waals surface area contributed by atoms with Gasteiger partial charge in [-0.1, -0.05) is 24.3 Å². The first-order valence-electron chi connectivity index (χ1n) is 7.91. The third kappa shape index (κ3) is 2.67. The van der Waals surface area contributed by atoms with Gasteiger partial charge in [0.15, 0.2) is 0 Å². The van der Waals surface area contributed by atoms with Gasteiger partial charge in [-0.25, -0.2) is 4.98 Å². The maximum atomic E-state index is 12.5. The van der Waals surface area contributed by atoms with Crippen LogP contribution >= 0.6 is 11.3 Å². The first-order valence-corrected chi connectivity index (χ1v) is 8.73. The minimum Gasteiger partial charge on any atom is -0.351 e. The van der Waals surface area contributed by atoms with Crippen LogP contribution in [0.2, 0.25) is 0 Å². The van der Waals surface area contributed by atoms with Crippen LogP contribution in [0.4, 0.5) is 0 Å². The SMILES string of the molecule is Cc1c(C(=O)NCCc2cn3ccccc3n2)sc2ccccc12. The van der Waals surface area contributed by atoms with Gasteiger partial charge < -0.3 is 9.72 Å². The summed E-state index contributed by atoms with van der Waals surface area (Å²) in [5, 5.41) is 4.18. The Morgan fingerprint density at radius 2 is 2.04 bits per heavy atom. The summed E-state index contributed by atoms with van der Waals surface area (Å²) in [5.41, 5.74) is 2.97. The minimum atomic E-state index is -0.00235. The van der Waals surface area contributed by atoms with E-state index in [1.165, 1.54) is 0 Å². The Balaban J connectivity index is 1.45. The molecule has 1 aromatic carbocycles. The lowest BCUT2D eigenvalue weighted by Gasteiger charge is -2.03. The number of aromatic nitrogens is 2. The van der Waals surface area contributed by atoms with E-state index >= 15 is 0 Å². The lowest BCUT2D eigenvalue weighted by molar-refractivity contribution is 0.0957. The molecule has 120 valence electrons. The Morgan fingerprint density at radius 3 is 2.88 bits per heavy atom. The van der Waals surface area contributed by atoms with Crippen LogP contribution in [0, 0.1) is 6.92 Å². The number of carbonyl (C=O) groups is 1. The quantitative estimate of drug-likeness (QED) is 0.616. The molecule has 0 fully saturated rings. The lowest BCUT2D eigenvalue weighted by Crippen LogP contribution is -2.25. The second-order valence-corrected chi connectivity index (χ2v) is 6.81. The molecule has 4 nitrogen and oxygen atoms in total. The summed E-state index contributed by atoms with van der Waals surface area (Å²) >= 11 is 1.55. The number of thiophene rings is 1. The van der Waals surface area contributed by atoms with Crippen LogP contribution in [0.25, 0.3) is 15.7 Å². The number of fused-ring (bicyclic) bond motifs is 2. The fourth-order valence-corrected chi connectivity index (χ4v) is 4.01. The molecule has 0 atom stereocenters. The zero-order chi connectivity index (χ0) is 16.5. The van der Waals surface area contributed by atoms with Crippen molar-refractivity contribution >= 4 is 33.0 Å². The maximum absolute atomic E-state index is 12.5. The van der Waals surface area contributed by atoms with Gasteiger partial charge >= 0.3 is 0 Å². The van der Waals surface area contributed by atoms with E-state index in [2.05, 4.69) is 22.4 Å². The Bertz CT molecular complexity index is 998. The molecule has 3 heterocycles. The van der Waals surface area contributed by atoms with Gasteiger partial charge in [-0.15, -0.1) is 11.3 Å². The van der Waals surface area contributed by atoms with E-state index in [1.54, 1.807) is 11.3 Å². The number of imidazole rings is 1. The standard InChI is InChI=1S/C19H17N3OS/c1-13-15-6-2-3-7-16(15)24-18(13)19(23)20-10-9-14-12-22-11-5-4-8-17(22)21-14/h2-8,11-12H,9-10H2,1H3,(H,20,23). The number of rotatable bonds is 4. The Kier molecular flexibility index (Phi) is 3.78. The minimum absolute atomic E-state index is 0.00235. The van der Waals surface area contributed by atoms with Gasteiger partial charge in [-0.2, -0.15) is 0 Å². The second kappa shape index (κ2) is 6.09. The highest BCUT2D eigenvalue weighted by molar-refractivity contribution is 7.21. The number of hydrogen-bond acceptors (Lipinski definition) is 3. The third-order valence-electron chi connectivity index (χ3n) is 4.13. The highest BCUT2D eigenvalue weighted by Gasteiger charge is 2.14. The van der Waals surface area contributed by atoms with E-state index in [0.29, 0.717) is 6.54 Å². The number of benzene rings is 1. The smallest absolute Gasteiger partial charge is 0.261 e. The highest BCUT2D eigenvalue weighted by Crippen LogP contribution is 2.30. The number of hydrogen-bond donors (Lipinski definition) is 1. The number of pyridine rings is 1. The molecular formula is C19H17N3OS. The summed E-state index contributed by atoms with van der Waals surface area (Å²) in [5.74, 6) is -0.00235. The number of amides is 1. The first-order chi connectivity index (χ1) is 11.7. The summed E-state index contributed by atoms with van der Waals surface area (Å²) in [6.45, 7) is 2.59. The molecule has 0 aliphatic carbocycles. The Morgan fingerprint density at radius 1 is 1.21 bits per heavy atom. The van der Waals surface area contributed by atoms with E-state index in [0.717, 1.165) is 38.3 Å². The van der Waals surface area contributed by atoms with Crippen molar-refractivity contribution in [3.63, 3.8) is 0 Å². The molecule has 0 aliphatic heterocycles. The van der Waals surface area contributed by atoms with Crippen molar-refractivity contribution in [1.82, 2.24) is 14.7 Å². The number of carbonyl (C=O) groups excluding carboxylic acids is 1. The van der Waals surface area contributed by atoms with Gasteiger partial charge in [0.1, 0.15) is 5.65 Å². The van der Waals surface area contributed by atoms with Gasteiger partial charge in [-0.05, 0) is 36.1 Å². The normalized spacial score (nSPS) is 11.2. The molecule has 1 amide bonds.